The zero-order valence-electron chi connectivity index (χ0n) is 14.3. The second-order valence-electron chi connectivity index (χ2n) is 6.03. The molecule has 0 unspecified atom stereocenters. The Morgan fingerprint density at radius 3 is 2.52 bits per heavy atom. The second kappa shape index (κ2) is 8.35. The number of pyridine rings is 1. The highest BCUT2D eigenvalue weighted by molar-refractivity contribution is 7.13. The van der Waals surface area contributed by atoms with Crippen LogP contribution in [-0.4, -0.2) is 10.9 Å². The van der Waals surface area contributed by atoms with Gasteiger partial charge in [-0.2, -0.15) is 13.2 Å². The Balaban J connectivity index is 1.49. The van der Waals surface area contributed by atoms with Crippen LogP contribution in [0.25, 0.3) is 10.4 Å². The van der Waals surface area contributed by atoms with Crippen LogP contribution in [0, 0.1) is 0 Å². The summed E-state index contributed by atoms with van der Waals surface area (Å²) in [5, 5.41) is 4.81. The maximum atomic E-state index is 12.5. The van der Waals surface area contributed by atoms with Gasteiger partial charge in [-0.3, -0.25) is 9.78 Å². The number of aryl methyl sites for hydroxylation is 1. The molecule has 0 aliphatic heterocycles. The topological polar surface area (TPSA) is 42.0 Å². The lowest BCUT2D eigenvalue weighted by Crippen LogP contribution is -2.23. The van der Waals surface area contributed by atoms with Crippen LogP contribution < -0.4 is 5.32 Å². The van der Waals surface area contributed by atoms with Crippen molar-refractivity contribution in [2.24, 2.45) is 0 Å². The number of nitrogens with one attached hydrogen (secondary N) is 1. The summed E-state index contributed by atoms with van der Waals surface area (Å²) in [5.74, 6) is -0.156. The minimum atomic E-state index is -4.35. The zero-order chi connectivity index (χ0) is 19.3. The van der Waals surface area contributed by atoms with Crippen molar-refractivity contribution < 1.29 is 18.0 Å². The van der Waals surface area contributed by atoms with Gasteiger partial charge in [0.05, 0.1) is 5.56 Å². The maximum absolute atomic E-state index is 12.5. The molecule has 140 valence electrons. The number of carbonyl (C=O) groups is 1. The van der Waals surface area contributed by atoms with Gasteiger partial charge in [0, 0.05) is 35.8 Å². The van der Waals surface area contributed by atoms with Gasteiger partial charge in [-0.25, -0.2) is 0 Å². The lowest BCUT2D eigenvalue weighted by molar-refractivity contribution is -0.137. The van der Waals surface area contributed by atoms with Crippen molar-refractivity contribution in [1.29, 1.82) is 0 Å². The van der Waals surface area contributed by atoms with Crippen molar-refractivity contribution in [2.75, 3.05) is 0 Å². The van der Waals surface area contributed by atoms with Gasteiger partial charge in [-0.15, -0.1) is 11.3 Å². The van der Waals surface area contributed by atoms with Crippen LogP contribution in [0.3, 0.4) is 0 Å². The summed E-state index contributed by atoms with van der Waals surface area (Å²) in [7, 11) is 0. The van der Waals surface area contributed by atoms with Gasteiger partial charge in [0.1, 0.15) is 0 Å². The molecule has 0 atom stereocenters. The number of alkyl halides is 3. The van der Waals surface area contributed by atoms with Crippen molar-refractivity contribution in [3.05, 3.63) is 76.9 Å². The van der Waals surface area contributed by atoms with Crippen LogP contribution in [0.5, 0.6) is 0 Å². The molecule has 3 nitrogen and oxygen atoms in total. The van der Waals surface area contributed by atoms with Gasteiger partial charge in [0.15, 0.2) is 0 Å². The predicted octanol–water partition coefficient (Wildman–Crippen LogP) is 5.08. The lowest BCUT2D eigenvalue weighted by Gasteiger charge is -2.08. The number of carbonyl (C=O) groups excluding carboxylic acids is 1. The van der Waals surface area contributed by atoms with E-state index in [1.807, 2.05) is 23.6 Å². The zero-order valence-corrected chi connectivity index (χ0v) is 15.1. The fourth-order valence-corrected chi connectivity index (χ4v) is 3.28. The van der Waals surface area contributed by atoms with Gasteiger partial charge in [0.2, 0.25) is 5.91 Å². The molecule has 1 N–H and O–H groups in total. The van der Waals surface area contributed by atoms with E-state index in [1.165, 1.54) is 12.1 Å². The number of rotatable bonds is 6. The standard InChI is InChI=1S/C20H17F3N2OS/c21-20(22,23)17-6-3-14(4-7-17)5-8-19(26)25-12-15-10-16(13-24-11-15)18-2-1-9-27-18/h1-4,6-7,9-11,13H,5,8,12H2,(H,25,26). The molecule has 0 saturated carbocycles. The molecule has 2 heterocycles. The molecular weight excluding hydrogens is 373 g/mol. The number of halogens is 3. The average Bonchev–Trinajstić information content (AvgIpc) is 3.19. The summed E-state index contributed by atoms with van der Waals surface area (Å²) in [4.78, 5) is 17.3. The third-order valence-electron chi connectivity index (χ3n) is 4.01. The highest BCUT2D eigenvalue weighted by Crippen LogP contribution is 2.29. The SMILES string of the molecule is O=C(CCc1ccc(C(F)(F)F)cc1)NCc1cncc(-c2cccs2)c1. The summed E-state index contributed by atoms with van der Waals surface area (Å²) in [6.07, 6.45) is -0.266. The molecule has 1 aromatic carbocycles. The Kier molecular flexibility index (Phi) is 5.91. The van der Waals surface area contributed by atoms with Crippen LogP contribution in [0.4, 0.5) is 13.2 Å². The number of benzene rings is 1. The molecule has 0 radical (unpaired) electrons. The first-order valence-electron chi connectivity index (χ1n) is 8.32. The van der Waals surface area contributed by atoms with Crippen molar-refractivity contribution in [2.45, 2.75) is 25.6 Å². The monoisotopic (exact) mass is 390 g/mol. The number of hydrogen-bond donors (Lipinski definition) is 1. The summed E-state index contributed by atoms with van der Waals surface area (Å²) >= 11 is 1.62. The van der Waals surface area contributed by atoms with E-state index >= 15 is 0 Å². The van der Waals surface area contributed by atoms with E-state index in [-0.39, 0.29) is 12.3 Å². The Hall–Kier alpha value is -2.67. The molecule has 0 aliphatic rings. The maximum Gasteiger partial charge on any atom is 0.416 e. The number of amides is 1. The largest absolute Gasteiger partial charge is 0.416 e. The summed E-state index contributed by atoms with van der Waals surface area (Å²) in [6.45, 7) is 0.359. The van der Waals surface area contributed by atoms with Crippen LogP contribution in [0.1, 0.15) is 23.1 Å². The molecule has 7 heteroatoms. The summed E-state index contributed by atoms with van der Waals surface area (Å²) in [5.41, 5.74) is 1.90. The van der Waals surface area contributed by atoms with Crippen molar-refractivity contribution in [3.8, 4) is 10.4 Å². The fourth-order valence-electron chi connectivity index (χ4n) is 2.57. The first kappa shape index (κ1) is 19.1. The first-order valence-corrected chi connectivity index (χ1v) is 9.20. The number of hydrogen-bond acceptors (Lipinski definition) is 3. The Bertz CT molecular complexity index is 890. The highest BCUT2D eigenvalue weighted by atomic mass is 32.1. The lowest BCUT2D eigenvalue weighted by atomic mass is 10.1. The number of nitrogens with zero attached hydrogens (tertiary/aromatic N) is 1. The second-order valence-corrected chi connectivity index (χ2v) is 6.98. The van der Waals surface area contributed by atoms with E-state index in [1.54, 1.807) is 23.7 Å². The van der Waals surface area contributed by atoms with E-state index in [4.69, 9.17) is 0 Å². The predicted molar refractivity (Wildman–Crippen MR) is 99.2 cm³/mol. The molecule has 2 aromatic heterocycles. The van der Waals surface area contributed by atoms with Gasteiger partial charge in [0.25, 0.3) is 0 Å². The molecule has 0 bridgehead atoms. The Morgan fingerprint density at radius 2 is 1.85 bits per heavy atom. The third-order valence-corrected chi connectivity index (χ3v) is 4.93. The highest BCUT2D eigenvalue weighted by Gasteiger charge is 2.29. The summed E-state index contributed by atoms with van der Waals surface area (Å²) < 4.78 is 37.6. The molecule has 0 saturated heterocycles. The number of thiophene rings is 1. The van der Waals surface area contributed by atoms with Gasteiger partial charge in [-0.05, 0) is 47.2 Å². The van der Waals surface area contributed by atoms with E-state index < -0.39 is 11.7 Å². The minimum absolute atomic E-state index is 0.156. The summed E-state index contributed by atoms with van der Waals surface area (Å²) in [6, 6.07) is 10.8. The van der Waals surface area contributed by atoms with E-state index in [2.05, 4.69) is 10.3 Å². The number of aromatic nitrogens is 1. The molecule has 0 fully saturated rings. The average molecular weight is 390 g/mol. The van der Waals surface area contributed by atoms with E-state index in [0.717, 1.165) is 28.1 Å². The Labute approximate surface area is 158 Å². The molecule has 3 aromatic rings. The van der Waals surface area contributed by atoms with Gasteiger partial charge >= 0.3 is 6.18 Å². The quantitative estimate of drug-likeness (QED) is 0.638. The smallest absolute Gasteiger partial charge is 0.352 e. The Morgan fingerprint density at radius 1 is 1.07 bits per heavy atom. The molecule has 3 rings (SSSR count). The third kappa shape index (κ3) is 5.40. The van der Waals surface area contributed by atoms with E-state index in [0.29, 0.717) is 18.5 Å². The van der Waals surface area contributed by atoms with Crippen LogP contribution in [0.15, 0.2) is 60.2 Å². The van der Waals surface area contributed by atoms with Gasteiger partial charge < -0.3 is 5.32 Å². The minimum Gasteiger partial charge on any atom is -0.352 e. The van der Waals surface area contributed by atoms with Crippen molar-refractivity contribution in [3.63, 3.8) is 0 Å². The van der Waals surface area contributed by atoms with Crippen molar-refractivity contribution >= 4 is 17.2 Å². The van der Waals surface area contributed by atoms with Crippen LogP contribution in [-0.2, 0) is 23.9 Å². The van der Waals surface area contributed by atoms with Crippen LogP contribution in [0.2, 0.25) is 0 Å². The molecule has 0 spiro atoms. The van der Waals surface area contributed by atoms with Gasteiger partial charge in [-0.1, -0.05) is 18.2 Å². The molecule has 27 heavy (non-hydrogen) atoms. The van der Waals surface area contributed by atoms with Crippen LogP contribution >= 0.6 is 11.3 Å². The molecule has 1 amide bonds. The fraction of sp³-hybridized carbons (Fsp3) is 0.200. The molecule has 0 aliphatic carbocycles. The normalized spacial score (nSPS) is 11.4. The first-order chi connectivity index (χ1) is 12.9. The van der Waals surface area contributed by atoms with E-state index in [9.17, 15) is 18.0 Å². The molecular formula is C20H17F3N2OS. The van der Waals surface area contributed by atoms with Crippen molar-refractivity contribution in [1.82, 2.24) is 10.3 Å².